The first-order valence-corrected chi connectivity index (χ1v) is 7.13. The van der Waals surface area contributed by atoms with Gasteiger partial charge in [-0.1, -0.05) is 6.92 Å². The molecule has 0 bridgehead atoms. The van der Waals surface area contributed by atoms with E-state index in [2.05, 4.69) is 16.7 Å². The lowest BCUT2D eigenvalue weighted by Gasteiger charge is -2.40. The monoisotopic (exact) mass is 241 g/mol. The number of hydrogen-bond donors (Lipinski definition) is 1. The summed E-state index contributed by atoms with van der Waals surface area (Å²) in [6.07, 6.45) is 4.04. The number of hydrogen-bond acceptors (Lipinski definition) is 4. The number of rotatable bonds is 5. The number of nitrogens with zero attached hydrogens (tertiary/aromatic N) is 2. The first kappa shape index (κ1) is 13.3. The third-order valence-corrected chi connectivity index (χ3v) is 4.05. The summed E-state index contributed by atoms with van der Waals surface area (Å²) >= 11 is 0. The van der Waals surface area contributed by atoms with Gasteiger partial charge < -0.3 is 15.4 Å². The summed E-state index contributed by atoms with van der Waals surface area (Å²) in [6, 6.07) is 0.446. The van der Waals surface area contributed by atoms with Gasteiger partial charge in [0.1, 0.15) is 0 Å². The van der Waals surface area contributed by atoms with Crippen molar-refractivity contribution in [3.63, 3.8) is 0 Å². The molecule has 2 atom stereocenters. The molecule has 0 radical (unpaired) electrons. The predicted octanol–water partition coefficient (Wildman–Crippen LogP) is 0.520. The highest BCUT2D eigenvalue weighted by molar-refractivity contribution is 4.86. The highest BCUT2D eigenvalue weighted by Crippen LogP contribution is 2.20. The van der Waals surface area contributed by atoms with Crippen molar-refractivity contribution in [3.8, 4) is 0 Å². The molecule has 2 aliphatic heterocycles. The average Bonchev–Trinajstić information content (AvgIpc) is 2.86. The van der Waals surface area contributed by atoms with E-state index in [0.29, 0.717) is 12.1 Å². The number of piperazine rings is 1. The van der Waals surface area contributed by atoms with Crippen molar-refractivity contribution in [1.29, 1.82) is 0 Å². The van der Waals surface area contributed by atoms with Gasteiger partial charge in [0.15, 0.2) is 0 Å². The van der Waals surface area contributed by atoms with Crippen LogP contribution in [0.4, 0.5) is 0 Å². The molecule has 4 heteroatoms. The van der Waals surface area contributed by atoms with Crippen molar-refractivity contribution in [3.05, 3.63) is 0 Å². The van der Waals surface area contributed by atoms with Gasteiger partial charge in [-0.3, -0.25) is 4.90 Å². The predicted molar refractivity (Wildman–Crippen MR) is 70.1 cm³/mol. The van der Waals surface area contributed by atoms with E-state index < -0.39 is 0 Å². The minimum absolute atomic E-state index is 0.387. The summed E-state index contributed by atoms with van der Waals surface area (Å²) in [5, 5.41) is 0. The molecule has 0 spiro atoms. The highest BCUT2D eigenvalue weighted by Gasteiger charge is 2.31. The summed E-state index contributed by atoms with van der Waals surface area (Å²) in [4.78, 5) is 5.10. The zero-order valence-electron chi connectivity index (χ0n) is 11.1. The molecule has 0 aromatic carbocycles. The molecule has 0 aromatic heterocycles. The van der Waals surface area contributed by atoms with Crippen molar-refractivity contribution in [2.75, 3.05) is 45.9 Å². The molecule has 2 aliphatic rings. The zero-order valence-corrected chi connectivity index (χ0v) is 11.1. The molecular weight excluding hydrogens is 214 g/mol. The fourth-order valence-corrected chi connectivity index (χ4v) is 3.08. The Kier molecular flexibility index (Phi) is 5.22. The van der Waals surface area contributed by atoms with Crippen LogP contribution in [0.25, 0.3) is 0 Å². The average molecular weight is 241 g/mol. The third kappa shape index (κ3) is 3.41. The second-order valence-corrected chi connectivity index (χ2v) is 5.23. The van der Waals surface area contributed by atoms with Gasteiger partial charge in [0.25, 0.3) is 0 Å². The molecule has 100 valence electrons. The molecule has 0 aliphatic carbocycles. The molecular formula is C13H27N3O. The largest absolute Gasteiger partial charge is 0.377 e. The first-order valence-electron chi connectivity index (χ1n) is 7.13. The van der Waals surface area contributed by atoms with Crippen LogP contribution in [0.15, 0.2) is 0 Å². The molecule has 2 unspecified atom stereocenters. The molecule has 2 N–H and O–H groups in total. The normalized spacial score (nSPS) is 29.6. The highest BCUT2D eigenvalue weighted by atomic mass is 16.5. The zero-order chi connectivity index (χ0) is 12.1. The number of ether oxygens (including phenoxy) is 1. The minimum Gasteiger partial charge on any atom is -0.377 e. The van der Waals surface area contributed by atoms with Crippen molar-refractivity contribution < 1.29 is 4.74 Å². The van der Waals surface area contributed by atoms with Crippen LogP contribution in [0, 0.1) is 0 Å². The molecule has 2 fully saturated rings. The summed E-state index contributed by atoms with van der Waals surface area (Å²) in [5.41, 5.74) is 5.94. The van der Waals surface area contributed by atoms with E-state index in [1.165, 1.54) is 38.9 Å². The second kappa shape index (κ2) is 6.69. The Morgan fingerprint density at radius 2 is 2.06 bits per heavy atom. The van der Waals surface area contributed by atoms with Gasteiger partial charge in [-0.25, -0.2) is 0 Å². The maximum atomic E-state index is 5.94. The van der Waals surface area contributed by atoms with Crippen LogP contribution >= 0.6 is 0 Å². The third-order valence-electron chi connectivity index (χ3n) is 4.05. The van der Waals surface area contributed by atoms with E-state index in [0.717, 1.165) is 26.2 Å². The SMILES string of the molecule is CCCN1CCN(C(CN)C2CCCO2)CC1. The second-order valence-electron chi connectivity index (χ2n) is 5.23. The van der Waals surface area contributed by atoms with E-state index in [1.807, 2.05) is 0 Å². The molecule has 0 amide bonds. The lowest BCUT2D eigenvalue weighted by atomic mass is 10.1. The number of nitrogens with two attached hydrogens (primary N) is 1. The Bertz CT molecular complexity index is 211. The summed E-state index contributed by atoms with van der Waals surface area (Å²) < 4.78 is 5.80. The minimum atomic E-state index is 0.387. The van der Waals surface area contributed by atoms with E-state index in [4.69, 9.17) is 10.5 Å². The fourth-order valence-electron chi connectivity index (χ4n) is 3.08. The van der Waals surface area contributed by atoms with Gasteiger partial charge in [-0.05, 0) is 25.8 Å². The van der Waals surface area contributed by atoms with Crippen molar-refractivity contribution in [1.82, 2.24) is 9.80 Å². The molecule has 2 saturated heterocycles. The molecule has 17 heavy (non-hydrogen) atoms. The van der Waals surface area contributed by atoms with Gasteiger partial charge in [0.2, 0.25) is 0 Å². The van der Waals surface area contributed by atoms with Gasteiger partial charge >= 0.3 is 0 Å². The Morgan fingerprint density at radius 3 is 2.59 bits per heavy atom. The van der Waals surface area contributed by atoms with Crippen LogP contribution in [-0.4, -0.2) is 67.8 Å². The van der Waals surface area contributed by atoms with E-state index >= 15 is 0 Å². The van der Waals surface area contributed by atoms with Crippen LogP contribution in [-0.2, 0) is 4.74 Å². The lowest BCUT2D eigenvalue weighted by Crippen LogP contribution is -2.56. The van der Waals surface area contributed by atoms with Gasteiger partial charge in [0.05, 0.1) is 6.10 Å². The fraction of sp³-hybridized carbons (Fsp3) is 1.00. The molecule has 2 heterocycles. The lowest BCUT2D eigenvalue weighted by molar-refractivity contribution is 0.00590. The summed E-state index contributed by atoms with van der Waals surface area (Å²) in [5.74, 6) is 0. The summed E-state index contributed by atoms with van der Waals surface area (Å²) in [7, 11) is 0. The van der Waals surface area contributed by atoms with Crippen LogP contribution < -0.4 is 5.73 Å². The molecule has 4 nitrogen and oxygen atoms in total. The maximum absolute atomic E-state index is 5.94. The van der Waals surface area contributed by atoms with Gasteiger partial charge in [-0.15, -0.1) is 0 Å². The van der Waals surface area contributed by atoms with Crippen molar-refractivity contribution >= 4 is 0 Å². The molecule has 2 rings (SSSR count). The molecule has 0 aromatic rings. The smallest absolute Gasteiger partial charge is 0.0743 e. The van der Waals surface area contributed by atoms with E-state index in [9.17, 15) is 0 Å². The molecule has 0 saturated carbocycles. The van der Waals surface area contributed by atoms with Crippen LogP contribution in [0.3, 0.4) is 0 Å². The van der Waals surface area contributed by atoms with Gasteiger partial charge in [0, 0.05) is 45.4 Å². The Morgan fingerprint density at radius 1 is 1.29 bits per heavy atom. The van der Waals surface area contributed by atoms with Crippen molar-refractivity contribution in [2.45, 2.75) is 38.3 Å². The quantitative estimate of drug-likeness (QED) is 0.762. The van der Waals surface area contributed by atoms with Crippen LogP contribution in [0.5, 0.6) is 0 Å². The Hall–Kier alpha value is -0.160. The maximum Gasteiger partial charge on any atom is 0.0743 e. The van der Waals surface area contributed by atoms with Crippen LogP contribution in [0.2, 0.25) is 0 Å². The van der Waals surface area contributed by atoms with E-state index in [1.54, 1.807) is 0 Å². The topological polar surface area (TPSA) is 41.7 Å². The Labute approximate surface area is 105 Å². The Balaban J connectivity index is 1.81. The standard InChI is InChI=1S/C13H27N3O/c1-2-5-15-6-8-16(9-7-15)12(11-14)13-4-3-10-17-13/h12-13H,2-11,14H2,1H3. The van der Waals surface area contributed by atoms with E-state index in [-0.39, 0.29) is 0 Å². The van der Waals surface area contributed by atoms with Crippen molar-refractivity contribution in [2.24, 2.45) is 5.73 Å². The van der Waals surface area contributed by atoms with Crippen LogP contribution in [0.1, 0.15) is 26.2 Å². The summed E-state index contributed by atoms with van der Waals surface area (Å²) in [6.45, 7) is 9.84. The van der Waals surface area contributed by atoms with Gasteiger partial charge in [-0.2, -0.15) is 0 Å². The first-order chi connectivity index (χ1) is 8.35.